The Hall–Kier alpha value is -0.120. The van der Waals surface area contributed by atoms with Crippen LogP contribution in [0.5, 0.6) is 0 Å². The van der Waals surface area contributed by atoms with Crippen LogP contribution in [0.2, 0.25) is 0 Å². The molecule has 6 aliphatic carbocycles. The molecule has 9 unspecified atom stereocenters. The summed E-state index contributed by atoms with van der Waals surface area (Å²) in [4.78, 5) is 0. The summed E-state index contributed by atoms with van der Waals surface area (Å²) in [5.74, 6) is 5.72. The predicted molar refractivity (Wildman–Crippen MR) is 156 cm³/mol. The Kier molecular flexibility index (Phi) is 7.40. The lowest BCUT2D eigenvalue weighted by Gasteiger charge is -2.47. The van der Waals surface area contributed by atoms with Crippen LogP contribution in [0.4, 0.5) is 0 Å². The van der Waals surface area contributed by atoms with E-state index in [9.17, 15) is 0 Å². The third-order valence-electron chi connectivity index (χ3n) is 15.4. The molecule has 6 aliphatic rings. The highest BCUT2D eigenvalue weighted by Gasteiger charge is 2.61. The average Bonchev–Trinajstić information content (AvgIpc) is 3.66. The van der Waals surface area contributed by atoms with Crippen molar-refractivity contribution in [3.63, 3.8) is 0 Å². The Morgan fingerprint density at radius 2 is 0.556 bits per heavy atom. The summed E-state index contributed by atoms with van der Waals surface area (Å²) in [5, 5.41) is 10.7. The molecule has 0 heterocycles. The maximum Gasteiger partial charge on any atom is 0.0232 e. The van der Waals surface area contributed by atoms with Gasteiger partial charge >= 0.3 is 0 Å². The van der Waals surface area contributed by atoms with E-state index in [-0.39, 0.29) is 0 Å². The SMILES string of the molecule is CNC1(C)C2CCC(C2)C1(C)C.CNC1(C)C2CCC(C2)C1(C)C.CNC1(C)C2CCC(C2)C1(C)C. The molecule has 210 valence electrons. The Balaban J connectivity index is 0.000000127. The van der Waals surface area contributed by atoms with Crippen molar-refractivity contribution < 1.29 is 0 Å². The summed E-state index contributed by atoms with van der Waals surface area (Å²) >= 11 is 0. The summed E-state index contributed by atoms with van der Waals surface area (Å²) < 4.78 is 0. The topological polar surface area (TPSA) is 36.1 Å². The van der Waals surface area contributed by atoms with Gasteiger partial charge in [0.1, 0.15) is 0 Å². The van der Waals surface area contributed by atoms with Crippen LogP contribution in [0.15, 0.2) is 0 Å². The van der Waals surface area contributed by atoms with Gasteiger partial charge in [-0.3, -0.25) is 0 Å². The minimum absolute atomic E-state index is 0.399. The fourth-order valence-electron chi connectivity index (χ4n) is 10.9. The van der Waals surface area contributed by atoms with E-state index in [4.69, 9.17) is 0 Å². The first-order valence-corrected chi connectivity index (χ1v) is 15.6. The zero-order chi connectivity index (χ0) is 26.9. The lowest BCUT2D eigenvalue weighted by Crippen LogP contribution is -2.55. The van der Waals surface area contributed by atoms with Gasteiger partial charge in [-0.1, -0.05) is 41.5 Å². The Bertz CT molecular complexity index is 696. The average molecular weight is 502 g/mol. The highest BCUT2D eigenvalue weighted by Crippen LogP contribution is 2.62. The van der Waals surface area contributed by atoms with Gasteiger partial charge in [-0.2, -0.15) is 0 Å². The Labute approximate surface area is 225 Å². The Morgan fingerprint density at radius 1 is 0.361 bits per heavy atom. The largest absolute Gasteiger partial charge is 0.314 e. The number of fused-ring (bicyclic) bond motifs is 6. The molecule has 6 bridgehead atoms. The summed E-state index contributed by atoms with van der Waals surface area (Å²) in [6.45, 7) is 21.9. The number of nitrogens with one attached hydrogen (secondary N) is 3. The molecule has 9 atom stereocenters. The predicted octanol–water partition coefficient (Wildman–Crippen LogP) is 7.26. The van der Waals surface area contributed by atoms with Crippen molar-refractivity contribution in [2.24, 2.45) is 51.8 Å². The van der Waals surface area contributed by atoms with E-state index in [1.54, 1.807) is 0 Å². The molecule has 6 fully saturated rings. The van der Waals surface area contributed by atoms with Crippen molar-refractivity contribution in [1.29, 1.82) is 0 Å². The lowest BCUT2D eigenvalue weighted by molar-refractivity contribution is 0.0732. The molecule has 6 rings (SSSR count). The highest BCUT2D eigenvalue weighted by atomic mass is 15.0. The second-order valence-electron chi connectivity index (χ2n) is 16.1. The van der Waals surface area contributed by atoms with E-state index >= 15 is 0 Å². The van der Waals surface area contributed by atoms with Crippen molar-refractivity contribution in [2.75, 3.05) is 21.1 Å². The van der Waals surface area contributed by atoms with Gasteiger partial charge in [0.2, 0.25) is 0 Å². The van der Waals surface area contributed by atoms with Crippen molar-refractivity contribution in [3.05, 3.63) is 0 Å². The van der Waals surface area contributed by atoms with Crippen LogP contribution < -0.4 is 16.0 Å². The first kappa shape index (κ1) is 28.9. The fourth-order valence-corrected chi connectivity index (χ4v) is 10.9. The number of hydrogen-bond donors (Lipinski definition) is 3. The second-order valence-corrected chi connectivity index (χ2v) is 16.1. The third kappa shape index (κ3) is 3.75. The van der Waals surface area contributed by atoms with E-state index in [0.29, 0.717) is 32.9 Å². The van der Waals surface area contributed by atoms with Crippen LogP contribution in [-0.4, -0.2) is 37.8 Å². The molecule has 0 aromatic heterocycles. The van der Waals surface area contributed by atoms with E-state index in [1.807, 2.05) is 0 Å². The Morgan fingerprint density at radius 3 is 0.667 bits per heavy atom. The maximum atomic E-state index is 3.56. The van der Waals surface area contributed by atoms with Crippen molar-refractivity contribution in [2.45, 2.75) is 137 Å². The maximum absolute atomic E-state index is 3.56. The molecular weight excluding hydrogens is 438 g/mol. The first-order valence-electron chi connectivity index (χ1n) is 15.6. The molecular formula is C33H63N3. The quantitative estimate of drug-likeness (QED) is 0.381. The molecule has 0 aromatic carbocycles. The second kappa shape index (κ2) is 9.22. The van der Waals surface area contributed by atoms with Gasteiger partial charge in [-0.15, -0.1) is 0 Å². The summed E-state index contributed by atoms with van der Waals surface area (Å²) in [6, 6.07) is 0. The van der Waals surface area contributed by atoms with Gasteiger partial charge in [-0.05, 0) is 151 Å². The third-order valence-corrected chi connectivity index (χ3v) is 15.4. The molecule has 0 radical (unpaired) electrons. The lowest BCUT2D eigenvalue weighted by atomic mass is 9.64. The van der Waals surface area contributed by atoms with Gasteiger partial charge < -0.3 is 16.0 Å². The van der Waals surface area contributed by atoms with Crippen LogP contribution in [0.25, 0.3) is 0 Å². The van der Waals surface area contributed by atoms with Gasteiger partial charge in [0, 0.05) is 16.6 Å². The number of hydrogen-bond acceptors (Lipinski definition) is 3. The fraction of sp³-hybridized carbons (Fsp3) is 1.00. The van der Waals surface area contributed by atoms with Crippen LogP contribution >= 0.6 is 0 Å². The molecule has 3 N–H and O–H groups in total. The standard InChI is InChI=1S/3C11H21N/c3*1-10(2)8-5-6-9(7-8)11(10,3)12-4/h3*8-9,12H,5-7H2,1-4H3. The summed E-state index contributed by atoms with van der Waals surface area (Å²) in [5.41, 5.74) is 2.71. The van der Waals surface area contributed by atoms with Crippen molar-refractivity contribution in [1.82, 2.24) is 16.0 Å². The van der Waals surface area contributed by atoms with Gasteiger partial charge in [0.05, 0.1) is 0 Å². The van der Waals surface area contributed by atoms with E-state index in [1.165, 1.54) is 57.8 Å². The van der Waals surface area contributed by atoms with Crippen LogP contribution in [-0.2, 0) is 0 Å². The minimum Gasteiger partial charge on any atom is -0.314 e. The molecule has 0 spiro atoms. The van der Waals surface area contributed by atoms with Crippen molar-refractivity contribution >= 4 is 0 Å². The minimum atomic E-state index is 0.399. The molecule has 0 amide bonds. The van der Waals surface area contributed by atoms with Gasteiger partial charge in [-0.25, -0.2) is 0 Å². The first-order chi connectivity index (χ1) is 16.6. The summed E-state index contributed by atoms with van der Waals surface area (Å²) in [6.07, 6.45) is 13.1. The normalized spacial score (nSPS) is 50.0. The highest BCUT2D eigenvalue weighted by molar-refractivity contribution is 5.15. The zero-order valence-electron chi connectivity index (χ0n) is 26.3. The van der Waals surface area contributed by atoms with Crippen LogP contribution in [0.3, 0.4) is 0 Å². The smallest absolute Gasteiger partial charge is 0.0232 e. The van der Waals surface area contributed by atoms with E-state index < -0.39 is 0 Å². The van der Waals surface area contributed by atoms with Gasteiger partial charge in [0.25, 0.3) is 0 Å². The molecule has 3 nitrogen and oxygen atoms in total. The van der Waals surface area contributed by atoms with Crippen molar-refractivity contribution in [3.8, 4) is 0 Å². The molecule has 3 heteroatoms. The molecule has 0 aromatic rings. The number of rotatable bonds is 3. The molecule has 6 saturated carbocycles. The molecule has 0 saturated heterocycles. The monoisotopic (exact) mass is 502 g/mol. The molecule has 0 aliphatic heterocycles. The van der Waals surface area contributed by atoms with Gasteiger partial charge in [0.15, 0.2) is 0 Å². The van der Waals surface area contributed by atoms with Crippen LogP contribution in [0.1, 0.15) is 120 Å². The zero-order valence-corrected chi connectivity index (χ0v) is 26.3. The van der Waals surface area contributed by atoms with Crippen LogP contribution in [0, 0.1) is 51.8 Å². The van der Waals surface area contributed by atoms with E-state index in [0.717, 1.165) is 35.5 Å². The molecule has 36 heavy (non-hydrogen) atoms. The van der Waals surface area contributed by atoms with E-state index in [2.05, 4.69) is 99.4 Å². The summed E-state index contributed by atoms with van der Waals surface area (Å²) in [7, 11) is 6.38.